The van der Waals surface area contributed by atoms with Gasteiger partial charge in [0.05, 0.1) is 4.90 Å². The zero-order valence-corrected chi connectivity index (χ0v) is 10.3. The molecule has 4 nitrogen and oxygen atoms in total. The van der Waals surface area contributed by atoms with Gasteiger partial charge in [0.15, 0.2) is 0 Å². The molecule has 0 spiro atoms. The molecule has 0 saturated heterocycles. The first-order chi connectivity index (χ1) is 8.08. The number of benzene rings is 1. The van der Waals surface area contributed by atoms with Crippen LogP contribution in [-0.2, 0) is 0 Å². The highest BCUT2D eigenvalue weighted by Crippen LogP contribution is 2.33. The fourth-order valence-corrected chi connectivity index (χ4v) is 2.35. The smallest absolute Gasteiger partial charge is 0.281 e. The van der Waals surface area contributed by atoms with Crippen LogP contribution in [-0.4, -0.2) is 10.2 Å². The Labute approximate surface area is 102 Å². The highest BCUT2D eigenvalue weighted by molar-refractivity contribution is 7.99. The molecule has 1 aromatic heterocycles. The van der Waals surface area contributed by atoms with E-state index in [0.29, 0.717) is 16.0 Å². The van der Waals surface area contributed by atoms with Crippen molar-refractivity contribution in [3.05, 3.63) is 35.5 Å². The summed E-state index contributed by atoms with van der Waals surface area (Å²) in [6.45, 7) is 3.49. The number of aromatic nitrogens is 2. The van der Waals surface area contributed by atoms with Crippen molar-refractivity contribution in [2.75, 3.05) is 0 Å². The summed E-state index contributed by atoms with van der Waals surface area (Å²) in [5.74, 6) is 0.117. The molecule has 0 saturated carbocycles. The molecule has 2 aromatic rings. The van der Waals surface area contributed by atoms with E-state index in [1.54, 1.807) is 26.0 Å². The summed E-state index contributed by atoms with van der Waals surface area (Å²) >= 11 is 1.09. The van der Waals surface area contributed by atoms with Crippen LogP contribution in [0.5, 0.6) is 0 Å². The minimum atomic E-state index is -0.333. The topological polar surface area (TPSA) is 64.9 Å². The van der Waals surface area contributed by atoms with Gasteiger partial charge in [0.1, 0.15) is 5.82 Å². The summed E-state index contributed by atoms with van der Waals surface area (Å²) in [6, 6.07) is 4.56. The summed E-state index contributed by atoms with van der Waals surface area (Å²) < 4.78 is 18.9. The summed E-state index contributed by atoms with van der Waals surface area (Å²) in [5.41, 5.74) is 6.52. The predicted octanol–water partition coefficient (Wildman–Crippen LogP) is 2.69. The number of hydrogen-bond donors (Lipinski definition) is 1. The Kier molecular flexibility index (Phi) is 3.44. The van der Waals surface area contributed by atoms with Crippen LogP contribution in [0.15, 0.2) is 32.7 Å². The van der Waals surface area contributed by atoms with E-state index in [9.17, 15) is 4.39 Å². The van der Waals surface area contributed by atoms with Crippen molar-refractivity contribution in [1.29, 1.82) is 0 Å². The van der Waals surface area contributed by atoms with Gasteiger partial charge in [0.25, 0.3) is 5.22 Å². The molecule has 0 aliphatic rings. The number of halogens is 1. The van der Waals surface area contributed by atoms with Crippen LogP contribution in [0.1, 0.15) is 24.4 Å². The quantitative estimate of drug-likeness (QED) is 0.911. The lowest BCUT2D eigenvalue weighted by molar-refractivity contribution is 0.428. The number of hydrogen-bond acceptors (Lipinski definition) is 5. The number of rotatable bonds is 3. The fourth-order valence-electron chi connectivity index (χ4n) is 1.40. The van der Waals surface area contributed by atoms with Crippen molar-refractivity contribution in [3.8, 4) is 0 Å². The Morgan fingerprint density at radius 3 is 2.76 bits per heavy atom. The van der Waals surface area contributed by atoms with Crippen LogP contribution in [0.3, 0.4) is 0 Å². The molecular formula is C11H12FN3OS. The van der Waals surface area contributed by atoms with Crippen molar-refractivity contribution < 1.29 is 8.81 Å². The van der Waals surface area contributed by atoms with Gasteiger partial charge in [-0.2, -0.15) is 0 Å². The first-order valence-electron chi connectivity index (χ1n) is 5.10. The molecule has 0 aliphatic carbocycles. The lowest BCUT2D eigenvalue weighted by atomic mass is 10.1. The molecule has 2 rings (SSSR count). The van der Waals surface area contributed by atoms with Crippen molar-refractivity contribution >= 4 is 11.8 Å². The number of nitrogens with two attached hydrogens (primary N) is 1. The standard InChI is InChI=1S/C11H12FN3OS/c1-6(13)8-4-3-5-9(12)10(8)17-11-15-14-7(2)16-11/h3-6H,13H2,1-2H3/t6-/m0/s1. The zero-order valence-electron chi connectivity index (χ0n) is 9.48. The van der Waals surface area contributed by atoms with Crippen molar-refractivity contribution in [2.45, 2.75) is 30.0 Å². The van der Waals surface area contributed by atoms with Crippen LogP contribution in [0, 0.1) is 12.7 Å². The molecule has 90 valence electrons. The van der Waals surface area contributed by atoms with Gasteiger partial charge in [0, 0.05) is 13.0 Å². The van der Waals surface area contributed by atoms with E-state index in [0.717, 1.165) is 17.3 Å². The first kappa shape index (κ1) is 12.1. The largest absolute Gasteiger partial charge is 0.416 e. The van der Waals surface area contributed by atoms with Gasteiger partial charge in [-0.25, -0.2) is 4.39 Å². The van der Waals surface area contributed by atoms with Gasteiger partial charge in [0.2, 0.25) is 5.89 Å². The highest BCUT2D eigenvalue weighted by atomic mass is 32.2. The van der Waals surface area contributed by atoms with E-state index in [2.05, 4.69) is 10.2 Å². The van der Waals surface area contributed by atoms with Gasteiger partial charge in [-0.05, 0) is 30.3 Å². The maximum atomic E-state index is 13.7. The molecule has 0 amide bonds. The lowest BCUT2D eigenvalue weighted by Crippen LogP contribution is -2.07. The summed E-state index contributed by atoms with van der Waals surface area (Å²) in [7, 11) is 0. The minimum Gasteiger partial charge on any atom is -0.416 e. The van der Waals surface area contributed by atoms with Gasteiger partial charge in [-0.1, -0.05) is 12.1 Å². The van der Waals surface area contributed by atoms with Crippen LogP contribution in [0.4, 0.5) is 4.39 Å². The van der Waals surface area contributed by atoms with Gasteiger partial charge in [-0.3, -0.25) is 0 Å². The molecule has 0 aliphatic heterocycles. The zero-order chi connectivity index (χ0) is 12.4. The SMILES string of the molecule is Cc1nnc(Sc2c(F)cccc2[C@H](C)N)o1. The third kappa shape index (κ3) is 2.65. The van der Waals surface area contributed by atoms with Gasteiger partial charge >= 0.3 is 0 Å². The molecule has 17 heavy (non-hydrogen) atoms. The average molecular weight is 253 g/mol. The highest BCUT2D eigenvalue weighted by Gasteiger charge is 2.15. The van der Waals surface area contributed by atoms with E-state index in [4.69, 9.17) is 10.2 Å². The Bertz CT molecular complexity index is 527. The second-order valence-corrected chi connectivity index (χ2v) is 4.60. The van der Waals surface area contributed by atoms with Crippen molar-refractivity contribution in [3.63, 3.8) is 0 Å². The number of nitrogens with zero attached hydrogens (tertiary/aromatic N) is 2. The molecule has 6 heteroatoms. The van der Waals surface area contributed by atoms with Gasteiger partial charge < -0.3 is 10.2 Å². The molecule has 1 heterocycles. The Balaban J connectivity index is 2.37. The normalized spacial score (nSPS) is 12.7. The first-order valence-corrected chi connectivity index (χ1v) is 5.91. The monoisotopic (exact) mass is 253 g/mol. The molecule has 1 aromatic carbocycles. The predicted molar refractivity (Wildman–Crippen MR) is 62.2 cm³/mol. The summed E-state index contributed by atoms with van der Waals surface area (Å²) in [5, 5.41) is 7.83. The minimum absolute atomic E-state index is 0.253. The molecule has 0 fully saturated rings. The summed E-state index contributed by atoms with van der Waals surface area (Å²) in [4.78, 5) is 0.436. The average Bonchev–Trinajstić information content (AvgIpc) is 2.67. The summed E-state index contributed by atoms with van der Waals surface area (Å²) in [6.07, 6.45) is 0. The van der Waals surface area contributed by atoms with Crippen LogP contribution in [0.25, 0.3) is 0 Å². The van der Waals surface area contributed by atoms with E-state index < -0.39 is 0 Å². The fraction of sp³-hybridized carbons (Fsp3) is 0.273. The second-order valence-electron chi connectivity index (χ2n) is 3.64. The Hall–Kier alpha value is -1.40. The lowest BCUT2D eigenvalue weighted by Gasteiger charge is -2.11. The van der Waals surface area contributed by atoms with Gasteiger partial charge in [-0.15, -0.1) is 10.2 Å². The Morgan fingerprint density at radius 1 is 1.41 bits per heavy atom. The maximum Gasteiger partial charge on any atom is 0.281 e. The van der Waals surface area contributed by atoms with Crippen LogP contribution >= 0.6 is 11.8 Å². The van der Waals surface area contributed by atoms with Crippen molar-refractivity contribution in [1.82, 2.24) is 10.2 Å². The van der Waals surface area contributed by atoms with E-state index >= 15 is 0 Å². The van der Waals surface area contributed by atoms with Crippen molar-refractivity contribution in [2.24, 2.45) is 5.73 Å². The van der Waals surface area contributed by atoms with E-state index in [1.165, 1.54) is 6.07 Å². The molecule has 0 radical (unpaired) electrons. The Morgan fingerprint density at radius 2 is 2.18 bits per heavy atom. The maximum absolute atomic E-state index is 13.7. The molecule has 2 N–H and O–H groups in total. The molecular weight excluding hydrogens is 241 g/mol. The third-order valence-corrected chi connectivity index (χ3v) is 3.16. The van der Waals surface area contributed by atoms with E-state index in [1.807, 2.05) is 0 Å². The van der Waals surface area contributed by atoms with Crippen LogP contribution in [0.2, 0.25) is 0 Å². The molecule has 1 atom stereocenters. The number of aryl methyl sites for hydroxylation is 1. The second kappa shape index (κ2) is 4.85. The van der Waals surface area contributed by atoms with Crippen LogP contribution < -0.4 is 5.73 Å². The third-order valence-electron chi connectivity index (χ3n) is 2.18. The molecule has 0 unspecified atom stereocenters. The molecule has 0 bridgehead atoms. The van der Waals surface area contributed by atoms with E-state index in [-0.39, 0.29) is 11.9 Å².